The molecule has 0 unspecified atom stereocenters. The van der Waals surface area contributed by atoms with Crippen LogP contribution >= 0.6 is 12.4 Å². The Kier molecular flexibility index (Phi) is 7.36. The lowest BCUT2D eigenvalue weighted by molar-refractivity contribution is 0.103. The number of sulfonamides is 1. The van der Waals surface area contributed by atoms with Crippen LogP contribution in [-0.2, 0) is 10.0 Å². The lowest BCUT2D eigenvalue weighted by Gasteiger charge is -2.11. The molecule has 0 aliphatic carbocycles. The summed E-state index contributed by atoms with van der Waals surface area (Å²) in [6.45, 7) is 1.60. The van der Waals surface area contributed by atoms with Crippen LogP contribution < -0.4 is 4.72 Å². The van der Waals surface area contributed by atoms with E-state index in [2.05, 4.69) is 45.8 Å². The lowest BCUT2D eigenvalue weighted by atomic mass is 10.0. The van der Waals surface area contributed by atoms with Gasteiger partial charge in [-0.3, -0.25) is 14.6 Å². The maximum atomic E-state index is 15.2. The highest BCUT2D eigenvalue weighted by Gasteiger charge is 2.25. The predicted molar refractivity (Wildman–Crippen MR) is 133 cm³/mol. The van der Waals surface area contributed by atoms with Crippen LogP contribution in [0.3, 0.4) is 0 Å². The summed E-state index contributed by atoms with van der Waals surface area (Å²) in [5.74, 6) is -3.27. The monoisotopic (exact) mass is 562 g/mol. The van der Waals surface area contributed by atoms with Gasteiger partial charge in [0.2, 0.25) is 27.5 Å². The van der Waals surface area contributed by atoms with Gasteiger partial charge >= 0.3 is 0 Å². The number of nitrogens with zero attached hydrogens (tertiary/aromatic N) is 7. The molecule has 1 aromatic carbocycles. The molecule has 196 valence electrons. The largest absolute Gasteiger partial charge is 0.287 e. The number of pyridine rings is 1. The molecule has 3 N–H and O–H groups in total. The molecule has 0 aliphatic heterocycles. The Morgan fingerprint density at radius 3 is 2.45 bits per heavy atom. The molecule has 0 amide bonds. The Morgan fingerprint density at radius 1 is 1.03 bits per heavy atom. The van der Waals surface area contributed by atoms with Gasteiger partial charge in [-0.25, -0.2) is 32.2 Å². The third-order valence-corrected chi connectivity index (χ3v) is 6.69. The number of benzene rings is 1. The minimum atomic E-state index is -4.01. The Labute approximate surface area is 219 Å². The van der Waals surface area contributed by atoms with Crippen LogP contribution in [0, 0.1) is 11.6 Å². The second-order valence-electron chi connectivity index (χ2n) is 7.76. The zero-order valence-corrected chi connectivity index (χ0v) is 20.9. The summed E-state index contributed by atoms with van der Waals surface area (Å²) < 4.78 is 55.5. The fraction of sp³-hybridized carbons (Fsp3) is 0.143. The van der Waals surface area contributed by atoms with Gasteiger partial charge in [0.1, 0.15) is 17.2 Å². The van der Waals surface area contributed by atoms with E-state index in [-0.39, 0.29) is 53.0 Å². The number of carbonyl (C=O) groups excluding carboxylic acids is 1. The van der Waals surface area contributed by atoms with Gasteiger partial charge in [-0.2, -0.15) is 10.3 Å². The first-order chi connectivity index (χ1) is 17.8. The normalized spacial score (nSPS) is 11.3. The number of ketones is 1. The number of hydrogen-bond donors (Lipinski definition) is 3. The third-order valence-electron chi connectivity index (χ3n) is 5.23. The molecule has 4 heterocycles. The van der Waals surface area contributed by atoms with Gasteiger partial charge in [0.15, 0.2) is 11.5 Å². The molecule has 0 aliphatic rings. The number of aromatic nitrogens is 9. The van der Waals surface area contributed by atoms with Gasteiger partial charge in [0.05, 0.1) is 16.7 Å². The van der Waals surface area contributed by atoms with Gasteiger partial charge in [0, 0.05) is 29.7 Å². The molecule has 5 rings (SSSR count). The fourth-order valence-electron chi connectivity index (χ4n) is 3.51. The molecular weight excluding hydrogens is 546 g/mol. The second-order valence-corrected chi connectivity index (χ2v) is 9.60. The maximum Gasteiger partial charge on any atom is 0.241 e. The van der Waals surface area contributed by atoms with E-state index in [9.17, 15) is 17.6 Å². The molecule has 0 radical (unpaired) electrons. The van der Waals surface area contributed by atoms with Gasteiger partial charge < -0.3 is 0 Å². The van der Waals surface area contributed by atoms with E-state index in [0.717, 1.165) is 12.1 Å². The van der Waals surface area contributed by atoms with E-state index in [0.29, 0.717) is 11.1 Å². The number of hydrogen-bond acceptors (Lipinski definition) is 10. The molecule has 0 saturated carbocycles. The van der Waals surface area contributed by atoms with Crippen LogP contribution in [0.1, 0.15) is 29.4 Å². The first-order valence-corrected chi connectivity index (χ1v) is 12.4. The van der Waals surface area contributed by atoms with E-state index in [1.165, 1.54) is 18.6 Å². The molecule has 0 fully saturated rings. The van der Waals surface area contributed by atoms with Crippen molar-refractivity contribution >= 4 is 44.9 Å². The highest BCUT2D eigenvalue weighted by atomic mass is 35.5. The summed E-state index contributed by atoms with van der Waals surface area (Å²) in [6.07, 6.45) is 4.72. The van der Waals surface area contributed by atoms with Crippen LogP contribution in [-0.4, -0.2) is 65.7 Å². The van der Waals surface area contributed by atoms with Gasteiger partial charge in [-0.15, -0.1) is 22.6 Å². The van der Waals surface area contributed by atoms with Crippen molar-refractivity contribution in [3.05, 3.63) is 59.7 Å². The highest BCUT2D eigenvalue weighted by molar-refractivity contribution is 7.92. The van der Waals surface area contributed by atoms with Crippen molar-refractivity contribution in [2.75, 3.05) is 10.5 Å². The third kappa shape index (κ3) is 5.03. The molecule has 0 bridgehead atoms. The van der Waals surface area contributed by atoms with E-state index in [1.54, 1.807) is 13.0 Å². The summed E-state index contributed by atoms with van der Waals surface area (Å²) in [7, 11) is -4.01. The van der Waals surface area contributed by atoms with Crippen molar-refractivity contribution in [2.24, 2.45) is 0 Å². The number of H-pyrrole nitrogens is 2. The van der Waals surface area contributed by atoms with Crippen molar-refractivity contribution in [1.29, 1.82) is 0 Å². The molecule has 0 spiro atoms. The summed E-state index contributed by atoms with van der Waals surface area (Å²) >= 11 is 0. The number of halogens is 3. The molecule has 5 aromatic rings. The highest BCUT2D eigenvalue weighted by Crippen LogP contribution is 2.28. The number of carbonyl (C=O) groups is 1. The molecule has 13 nitrogen and oxygen atoms in total. The lowest BCUT2D eigenvalue weighted by Crippen LogP contribution is -2.19. The van der Waals surface area contributed by atoms with E-state index < -0.39 is 38.7 Å². The van der Waals surface area contributed by atoms with E-state index in [1.807, 2.05) is 4.72 Å². The minimum Gasteiger partial charge on any atom is -0.287 e. The van der Waals surface area contributed by atoms with E-state index >= 15 is 4.39 Å². The number of nitrogens with one attached hydrogen (secondary N) is 3. The summed E-state index contributed by atoms with van der Waals surface area (Å²) in [5, 5.41) is 20.1. The number of fused-ring (bicyclic) bond motifs is 1. The van der Waals surface area contributed by atoms with Crippen LogP contribution in [0.4, 0.5) is 14.5 Å². The van der Waals surface area contributed by atoms with Crippen molar-refractivity contribution in [3.63, 3.8) is 0 Å². The summed E-state index contributed by atoms with van der Waals surface area (Å²) in [5.41, 5.74) is -0.374. The first kappa shape index (κ1) is 26.6. The smallest absolute Gasteiger partial charge is 0.241 e. The SMILES string of the molecule is CCCS(=O)(=O)Nc1c(F)ccc(C(=O)c2[nH]nc3ncc(-c4cnc(-c5nn[nH]n5)nc4)cc23)c1F.Cl. The number of rotatable bonds is 8. The van der Waals surface area contributed by atoms with Gasteiger partial charge in [-0.05, 0) is 29.8 Å². The molecule has 0 saturated heterocycles. The first-order valence-electron chi connectivity index (χ1n) is 10.7. The topological polar surface area (TPSA) is 185 Å². The maximum absolute atomic E-state index is 15.2. The van der Waals surface area contributed by atoms with Crippen LogP contribution in [0.5, 0.6) is 0 Å². The number of anilines is 1. The van der Waals surface area contributed by atoms with Crippen LogP contribution in [0.2, 0.25) is 0 Å². The predicted octanol–water partition coefficient (Wildman–Crippen LogP) is 2.68. The molecule has 0 atom stereocenters. The summed E-state index contributed by atoms with van der Waals surface area (Å²) in [4.78, 5) is 25.8. The van der Waals surface area contributed by atoms with Gasteiger partial charge in [0.25, 0.3) is 0 Å². The Balaban J connectivity index is 0.00000336. The summed E-state index contributed by atoms with van der Waals surface area (Å²) in [6, 6.07) is 3.32. The molecular formula is C21H17ClF2N10O3S. The number of tetrazole rings is 1. The van der Waals surface area contributed by atoms with Crippen molar-refractivity contribution in [3.8, 4) is 22.8 Å². The zero-order chi connectivity index (χ0) is 26.2. The van der Waals surface area contributed by atoms with Crippen LogP contribution in [0.15, 0.2) is 36.8 Å². The standard InChI is InChI=1S/C21H16F2N10O3S.ClH/c1-2-5-37(35,36)31-17-14(22)4-3-12(15(17)23)18(34)16-13-6-10(7-24-19(13)28-27-16)11-8-25-20(26-9-11)21-29-32-33-30-21;/h3-4,6-9,31H,2,5H2,1H3,(H,24,27,28)(H,29,30,32,33);1H. The number of aromatic amines is 2. The average Bonchev–Trinajstić information content (AvgIpc) is 3.56. The minimum absolute atomic E-state index is 0. The van der Waals surface area contributed by atoms with Crippen LogP contribution in [0.25, 0.3) is 33.8 Å². The van der Waals surface area contributed by atoms with Gasteiger partial charge in [-0.1, -0.05) is 6.92 Å². The quantitative estimate of drug-likeness (QED) is 0.237. The second kappa shape index (κ2) is 10.5. The molecule has 38 heavy (non-hydrogen) atoms. The molecule has 4 aromatic heterocycles. The Hall–Kier alpha value is -4.44. The molecule has 17 heteroatoms. The Bertz CT molecular complexity index is 1730. The fourth-order valence-corrected chi connectivity index (χ4v) is 4.65. The van der Waals surface area contributed by atoms with Crippen molar-refractivity contribution < 1.29 is 22.0 Å². The average molecular weight is 563 g/mol. The zero-order valence-electron chi connectivity index (χ0n) is 19.3. The van der Waals surface area contributed by atoms with Crippen molar-refractivity contribution in [2.45, 2.75) is 13.3 Å². The van der Waals surface area contributed by atoms with Crippen molar-refractivity contribution in [1.82, 2.24) is 45.8 Å². The van der Waals surface area contributed by atoms with E-state index in [4.69, 9.17) is 0 Å². The Morgan fingerprint density at radius 2 is 1.76 bits per heavy atom.